The molecular formula is C27H24N2O5. The highest BCUT2D eigenvalue weighted by Crippen LogP contribution is 2.31. The van der Waals surface area contributed by atoms with E-state index in [-0.39, 0.29) is 30.4 Å². The van der Waals surface area contributed by atoms with Gasteiger partial charge >= 0.3 is 0 Å². The number of anilines is 1. The van der Waals surface area contributed by atoms with E-state index < -0.39 is 0 Å². The SMILES string of the molecule is Cc1ccccc1C(=O)Nc1cccc(Oc2ccc3c(c2)C(=O)N(CC2CCCO2)C3=O)c1. The molecular weight excluding hydrogens is 432 g/mol. The van der Waals surface area contributed by atoms with E-state index in [1.54, 1.807) is 48.5 Å². The van der Waals surface area contributed by atoms with E-state index in [0.717, 1.165) is 18.4 Å². The number of hydrogen-bond donors (Lipinski definition) is 1. The largest absolute Gasteiger partial charge is 0.457 e. The second-order valence-electron chi connectivity index (χ2n) is 8.46. The maximum atomic E-state index is 12.9. The first kappa shape index (κ1) is 21.9. The normalized spacial score (nSPS) is 17.1. The molecule has 3 aromatic carbocycles. The molecule has 3 aromatic rings. The predicted molar refractivity (Wildman–Crippen MR) is 126 cm³/mol. The number of hydrogen-bond acceptors (Lipinski definition) is 5. The van der Waals surface area contributed by atoms with E-state index in [1.165, 1.54) is 4.90 Å². The van der Waals surface area contributed by atoms with Gasteiger partial charge in [-0.05, 0) is 61.7 Å². The first-order chi connectivity index (χ1) is 16.5. The number of ether oxygens (including phenoxy) is 2. The molecule has 2 heterocycles. The summed E-state index contributed by atoms with van der Waals surface area (Å²) in [4.78, 5) is 39.5. The van der Waals surface area contributed by atoms with Crippen molar-refractivity contribution in [3.63, 3.8) is 0 Å². The molecule has 172 valence electrons. The van der Waals surface area contributed by atoms with Gasteiger partial charge in [0.1, 0.15) is 11.5 Å². The van der Waals surface area contributed by atoms with Gasteiger partial charge in [-0.2, -0.15) is 0 Å². The molecule has 1 unspecified atom stereocenters. The van der Waals surface area contributed by atoms with E-state index in [0.29, 0.717) is 40.5 Å². The second-order valence-corrected chi connectivity index (χ2v) is 8.46. The van der Waals surface area contributed by atoms with Gasteiger partial charge in [-0.3, -0.25) is 19.3 Å². The lowest BCUT2D eigenvalue weighted by atomic mass is 10.1. The number of benzene rings is 3. The molecule has 34 heavy (non-hydrogen) atoms. The Balaban J connectivity index is 1.30. The Bertz CT molecular complexity index is 1280. The topological polar surface area (TPSA) is 84.9 Å². The molecule has 1 fully saturated rings. The van der Waals surface area contributed by atoms with Crippen LogP contribution in [0, 0.1) is 6.92 Å². The van der Waals surface area contributed by atoms with Crippen LogP contribution in [0.2, 0.25) is 0 Å². The van der Waals surface area contributed by atoms with Gasteiger partial charge in [0.05, 0.1) is 23.8 Å². The first-order valence-corrected chi connectivity index (χ1v) is 11.3. The fraction of sp³-hybridized carbons (Fsp3) is 0.222. The monoisotopic (exact) mass is 456 g/mol. The molecule has 0 radical (unpaired) electrons. The van der Waals surface area contributed by atoms with Crippen molar-refractivity contribution in [2.24, 2.45) is 0 Å². The van der Waals surface area contributed by atoms with Gasteiger partial charge in [-0.25, -0.2) is 0 Å². The Morgan fingerprint density at radius 2 is 1.79 bits per heavy atom. The summed E-state index contributed by atoms with van der Waals surface area (Å²) >= 11 is 0. The molecule has 7 heteroatoms. The van der Waals surface area contributed by atoms with Crippen molar-refractivity contribution in [3.05, 3.63) is 89.0 Å². The molecule has 2 aliphatic rings. The molecule has 2 aliphatic heterocycles. The van der Waals surface area contributed by atoms with Gasteiger partial charge in [0.25, 0.3) is 17.7 Å². The fourth-order valence-electron chi connectivity index (χ4n) is 4.29. The van der Waals surface area contributed by atoms with Crippen LogP contribution in [0.15, 0.2) is 66.7 Å². The van der Waals surface area contributed by atoms with Gasteiger partial charge < -0.3 is 14.8 Å². The molecule has 1 saturated heterocycles. The maximum absolute atomic E-state index is 12.9. The van der Waals surface area contributed by atoms with Crippen LogP contribution in [0.4, 0.5) is 5.69 Å². The number of rotatable bonds is 6. The average molecular weight is 456 g/mol. The lowest BCUT2D eigenvalue weighted by molar-refractivity contribution is 0.0475. The smallest absolute Gasteiger partial charge is 0.261 e. The zero-order valence-corrected chi connectivity index (χ0v) is 18.7. The first-order valence-electron chi connectivity index (χ1n) is 11.3. The molecule has 0 spiro atoms. The van der Waals surface area contributed by atoms with Crippen molar-refractivity contribution in [1.29, 1.82) is 0 Å². The number of imide groups is 1. The molecule has 7 nitrogen and oxygen atoms in total. The summed E-state index contributed by atoms with van der Waals surface area (Å²) in [6, 6.07) is 19.2. The van der Waals surface area contributed by atoms with Crippen molar-refractivity contribution in [2.45, 2.75) is 25.9 Å². The molecule has 0 aliphatic carbocycles. The molecule has 1 N–H and O–H groups in total. The number of nitrogens with zero attached hydrogens (tertiary/aromatic N) is 1. The van der Waals surface area contributed by atoms with Gasteiger partial charge in [-0.1, -0.05) is 24.3 Å². The van der Waals surface area contributed by atoms with Crippen molar-refractivity contribution in [2.75, 3.05) is 18.5 Å². The van der Waals surface area contributed by atoms with Gasteiger partial charge in [-0.15, -0.1) is 0 Å². The fourth-order valence-corrected chi connectivity index (χ4v) is 4.29. The summed E-state index contributed by atoms with van der Waals surface area (Å²) in [5.41, 5.74) is 2.77. The number of nitrogens with one attached hydrogen (secondary N) is 1. The summed E-state index contributed by atoms with van der Waals surface area (Å²) in [6.07, 6.45) is 1.69. The second kappa shape index (κ2) is 9.11. The quantitative estimate of drug-likeness (QED) is 0.538. The van der Waals surface area contributed by atoms with Crippen LogP contribution in [0.25, 0.3) is 0 Å². The van der Waals surface area contributed by atoms with Crippen LogP contribution in [0.3, 0.4) is 0 Å². The number of carbonyl (C=O) groups excluding carboxylic acids is 3. The predicted octanol–water partition coefficient (Wildman–Crippen LogP) is 4.81. The Morgan fingerprint density at radius 3 is 2.59 bits per heavy atom. The summed E-state index contributed by atoms with van der Waals surface area (Å²) in [7, 11) is 0. The Labute approximate surface area is 197 Å². The minimum absolute atomic E-state index is 0.101. The molecule has 0 aromatic heterocycles. The zero-order valence-electron chi connectivity index (χ0n) is 18.7. The summed E-state index contributed by atoms with van der Waals surface area (Å²) in [6.45, 7) is 2.82. The molecule has 0 bridgehead atoms. The van der Waals surface area contributed by atoms with Gasteiger partial charge in [0.2, 0.25) is 0 Å². The highest BCUT2D eigenvalue weighted by atomic mass is 16.5. The number of aryl methyl sites for hydroxylation is 1. The van der Waals surface area contributed by atoms with E-state index in [4.69, 9.17) is 9.47 Å². The Morgan fingerprint density at radius 1 is 1.00 bits per heavy atom. The van der Waals surface area contributed by atoms with Crippen LogP contribution in [0.1, 0.15) is 49.5 Å². The van der Waals surface area contributed by atoms with E-state index >= 15 is 0 Å². The van der Waals surface area contributed by atoms with E-state index in [1.807, 2.05) is 25.1 Å². The molecule has 1 atom stereocenters. The third kappa shape index (κ3) is 4.30. The standard InChI is InChI=1S/C27H24N2O5/c1-17-6-2-3-10-22(17)25(30)28-18-7-4-8-19(14-18)34-20-11-12-23-24(15-20)27(32)29(26(23)31)16-21-9-5-13-33-21/h2-4,6-8,10-12,14-15,21H,5,9,13,16H2,1H3,(H,28,30). The lowest BCUT2D eigenvalue weighted by Gasteiger charge is -2.17. The lowest BCUT2D eigenvalue weighted by Crippen LogP contribution is -2.36. The number of amides is 3. The van der Waals surface area contributed by atoms with Gasteiger partial charge in [0, 0.05) is 23.9 Å². The van der Waals surface area contributed by atoms with Crippen molar-refractivity contribution >= 4 is 23.4 Å². The highest BCUT2D eigenvalue weighted by Gasteiger charge is 2.37. The van der Waals surface area contributed by atoms with Crippen molar-refractivity contribution in [1.82, 2.24) is 4.90 Å². The highest BCUT2D eigenvalue weighted by molar-refractivity contribution is 6.21. The summed E-state index contributed by atoms with van der Waals surface area (Å²) < 4.78 is 11.5. The summed E-state index contributed by atoms with van der Waals surface area (Å²) in [5, 5.41) is 2.88. The third-order valence-electron chi connectivity index (χ3n) is 6.07. The Hall–Kier alpha value is -3.97. The van der Waals surface area contributed by atoms with Crippen molar-refractivity contribution in [3.8, 4) is 11.5 Å². The van der Waals surface area contributed by atoms with Crippen LogP contribution in [-0.2, 0) is 4.74 Å². The summed E-state index contributed by atoms with van der Waals surface area (Å²) in [5.74, 6) is 0.0862. The maximum Gasteiger partial charge on any atom is 0.261 e. The molecule has 5 rings (SSSR count). The molecule has 3 amide bonds. The number of carbonyl (C=O) groups is 3. The van der Waals surface area contributed by atoms with Crippen LogP contribution in [0.5, 0.6) is 11.5 Å². The van der Waals surface area contributed by atoms with Crippen molar-refractivity contribution < 1.29 is 23.9 Å². The Kier molecular flexibility index (Phi) is 5.86. The minimum Gasteiger partial charge on any atom is -0.457 e. The number of fused-ring (bicyclic) bond motifs is 1. The minimum atomic E-state index is -0.333. The van der Waals surface area contributed by atoms with E-state index in [9.17, 15) is 14.4 Å². The third-order valence-corrected chi connectivity index (χ3v) is 6.07. The average Bonchev–Trinajstić information content (AvgIpc) is 3.42. The van der Waals surface area contributed by atoms with Crippen LogP contribution < -0.4 is 10.1 Å². The zero-order chi connectivity index (χ0) is 23.7. The molecule has 0 saturated carbocycles. The van der Waals surface area contributed by atoms with Crippen LogP contribution in [-0.4, -0.2) is 41.9 Å². The van der Waals surface area contributed by atoms with E-state index in [2.05, 4.69) is 5.32 Å². The van der Waals surface area contributed by atoms with Crippen LogP contribution >= 0.6 is 0 Å². The van der Waals surface area contributed by atoms with Gasteiger partial charge in [0.15, 0.2) is 0 Å².